The Morgan fingerprint density at radius 1 is 1.65 bits per heavy atom. The summed E-state index contributed by atoms with van der Waals surface area (Å²) in [6, 6.07) is 1.96. The van der Waals surface area contributed by atoms with Crippen LogP contribution in [0.25, 0.3) is 0 Å². The molecule has 0 aliphatic rings. The average molecular weight is 255 g/mol. The molecule has 0 aromatic carbocycles. The molecule has 1 atom stereocenters. The van der Waals surface area contributed by atoms with Crippen LogP contribution in [-0.4, -0.2) is 33.1 Å². The zero-order valence-corrected chi connectivity index (χ0v) is 10.9. The van der Waals surface area contributed by atoms with Crippen molar-refractivity contribution in [2.75, 3.05) is 12.3 Å². The Hall–Kier alpha value is -1.26. The Morgan fingerprint density at radius 2 is 2.41 bits per heavy atom. The van der Waals surface area contributed by atoms with Crippen LogP contribution in [0.2, 0.25) is 0 Å². The molecular weight excluding hydrogens is 238 g/mol. The van der Waals surface area contributed by atoms with Gasteiger partial charge in [0.2, 0.25) is 0 Å². The van der Waals surface area contributed by atoms with Crippen molar-refractivity contribution in [2.24, 2.45) is 0 Å². The van der Waals surface area contributed by atoms with E-state index in [4.69, 9.17) is 5.26 Å². The predicted molar refractivity (Wildman–Crippen MR) is 66.9 cm³/mol. The third kappa shape index (κ3) is 3.91. The summed E-state index contributed by atoms with van der Waals surface area (Å²) in [5.74, 6) is 0.582. The highest BCUT2D eigenvalue weighted by Gasteiger charge is 2.11. The van der Waals surface area contributed by atoms with E-state index in [9.17, 15) is 4.79 Å². The zero-order chi connectivity index (χ0) is 12.7. The highest BCUT2D eigenvalue weighted by molar-refractivity contribution is 7.99. The van der Waals surface area contributed by atoms with Crippen molar-refractivity contribution in [3.05, 3.63) is 10.5 Å². The van der Waals surface area contributed by atoms with Gasteiger partial charge in [-0.3, -0.25) is 4.57 Å². The van der Waals surface area contributed by atoms with Crippen LogP contribution in [0, 0.1) is 11.3 Å². The Morgan fingerprint density at radius 3 is 3.00 bits per heavy atom. The lowest BCUT2D eigenvalue weighted by Crippen LogP contribution is -2.29. The fourth-order valence-electron chi connectivity index (χ4n) is 1.38. The van der Waals surface area contributed by atoms with Gasteiger partial charge < -0.3 is 5.32 Å². The summed E-state index contributed by atoms with van der Waals surface area (Å²) < 4.78 is 1.60. The minimum absolute atomic E-state index is 0.189. The van der Waals surface area contributed by atoms with Crippen LogP contribution in [-0.2, 0) is 6.54 Å². The topological polar surface area (TPSA) is 86.5 Å². The van der Waals surface area contributed by atoms with E-state index < -0.39 is 0 Å². The first-order valence-corrected chi connectivity index (χ1v) is 6.62. The van der Waals surface area contributed by atoms with E-state index in [-0.39, 0.29) is 11.7 Å². The van der Waals surface area contributed by atoms with Crippen molar-refractivity contribution >= 4 is 11.8 Å². The molecule has 0 spiro atoms. The van der Waals surface area contributed by atoms with Gasteiger partial charge in [0.25, 0.3) is 0 Å². The fraction of sp³-hybridized carbons (Fsp3) is 0.700. The normalized spacial score (nSPS) is 12.3. The first-order valence-electron chi connectivity index (χ1n) is 5.63. The molecule has 7 heteroatoms. The second kappa shape index (κ2) is 7.14. The number of aromatic amines is 1. The first kappa shape index (κ1) is 13.8. The van der Waals surface area contributed by atoms with E-state index in [1.54, 1.807) is 4.57 Å². The van der Waals surface area contributed by atoms with Gasteiger partial charge in [0, 0.05) is 12.3 Å². The van der Waals surface area contributed by atoms with Crippen LogP contribution in [0.1, 0.15) is 20.3 Å². The number of hydrogen-bond acceptors (Lipinski definition) is 5. The van der Waals surface area contributed by atoms with Crippen molar-refractivity contribution in [3.8, 4) is 6.07 Å². The largest absolute Gasteiger partial charge is 0.343 e. The summed E-state index contributed by atoms with van der Waals surface area (Å²) in [6.07, 6.45) is 0.877. The lowest BCUT2D eigenvalue weighted by molar-refractivity contribution is 0.602. The van der Waals surface area contributed by atoms with Gasteiger partial charge in [0.05, 0.1) is 6.07 Å². The number of nitrogens with one attached hydrogen (secondary N) is 2. The molecular formula is C10H17N5OS. The van der Waals surface area contributed by atoms with E-state index in [2.05, 4.69) is 21.6 Å². The third-order valence-corrected chi connectivity index (χ3v) is 3.23. The Kier molecular flexibility index (Phi) is 5.80. The van der Waals surface area contributed by atoms with Crippen LogP contribution in [0.4, 0.5) is 0 Å². The molecule has 1 heterocycles. The molecule has 2 N–H and O–H groups in total. The molecule has 1 aromatic heterocycles. The second-order valence-corrected chi connectivity index (χ2v) is 4.50. The summed E-state index contributed by atoms with van der Waals surface area (Å²) in [7, 11) is 0. The van der Waals surface area contributed by atoms with Gasteiger partial charge >= 0.3 is 5.69 Å². The van der Waals surface area contributed by atoms with Gasteiger partial charge in [0.1, 0.15) is 6.04 Å². The molecule has 1 aromatic rings. The van der Waals surface area contributed by atoms with E-state index in [0.29, 0.717) is 17.5 Å². The molecule has 0 bridgehead atoms. The number of aromatic nitrogens is 3. The molecule has 1 rings (SSSR count). The summed E-state index contributed by atoms with van der Waals surface area (Å²) >= 11 is 1.42. The molecule has 0 radical (unpaired) electrons. The fourth-order valence-corrected chi connectivity index (χ4v) is 2.33. The van der Waals surface area contributed by atoms with Gasteiger partial charge in [-0.05, 0) is 13.0 Å². The molecule has 0 saturated carbocycles. The van der Waals surface area contributed by atoms with Crippen LogP contribution in [0.5, 0.6) is 0 Å². The minimum atomic E-state index is -0.216. The molecule has 17 heavy (non-hydrogen) atoms. The summed E-state index contributed by atoms with van der Waals surface area (Å²) in [6.45, 7) is 5.36. The van der Waals surface area contributed by atoms with Crippen molar-refractivity contribution < 1.29 is 0 Å². The van der Waals surface area contributed by atoms with E-state index in [1.807, 2.05) is 13.8 Å². The van der Waals surface area contributed by atoms with E-state index >= 15 is 0 Å². The maximum atomic E-state index is 11.4. The maximum absolute atomic E-state index is 11.4. The molecule has 0 amide bonds. The Balaban J connectivity index is 2.63. The molecule has 0 saturated heterocycles. The first-order chi connectivity index (χ1) is 8.22. The predicted octanol–water partition coefficient (Wildman–Crippen LogP) is 0.575. The number of nitrogens with zero attached hydrogens (tertiary/aromatic N) is 3. The van der Waals surface area contributed by atoms with Crippen molar-refractivity contribution in [1.29, 1.82) is 5.26 Å². The second-order valence-electron chi connectivity index (χ2n) is 3.51. The van der Waals surface area contributed by atoms with Gasteiger partial charge in [-0.25, -0.2) is 9.89 Å². The zero-order valence-electron chi connectivity index (χ0n) is 10.1. The van der Waals surface area contributed by atoms with Crippen molar-refractivity contribution in [2.45, 2.75) is 38.0 Å². The van der Waals surface area contributed by atoms with Gasteiger partial charge in [0.15, 0.2) is 5.16 Å². The van der Waals surface area contributed by atoms with Gasteiger partial charge in [-0.2, -0.15) is 5.26 Å². The quantitative estimate of drug-likeness (QED) is 0.696. The SMILES string of the molecule is CCCn1c(SCC(C#N)NCC)n[nH]c1=O. The molecule has 0 aliphatic heterocycles. The number of rotatable bonds is 7. The lowest BCUT2D eigenvalue weighted by Gasteiger charge is -2.08. The molecule has 6 nitrogen and oxygen atoms in total. The average Bonchev–Trinajstić information content (AvgIpc) is 2.67. The molecule has 0 fully saturated rings. The van der Waals surface area contributed by atoms with E-state index in [1.165, 1.54) is 11.8 Å². The number of thioether (sulfide) groups is 1. The monoisotopic (exact) mass is 255 g/mol. The smallest absolute Gasteiger partial charge is 0.302 e. The highest BCUT2D eigenvalue weighted by Crippen LogP contribution is 2.14. The van der Waals surface area contributed by atoms with Crippen LogP contribution < -0.4 is 11.0 Å². The maximum Gasteiger partial charge on any atom is 0.343 e. The third-order valence-electron chi connectivity index (χ3n) is 2.16. The van der Waals surface area contributed by atoms with Crippen LogP contribution in [0.3, 0.4) is 0 Å². The Labute approximate surface area is 104 Å². The molecule has 0 aliphatic carbocycles. The van der Waals surface area contributed by atoms with Crippen molar-refractivity contribution in [1.82, 2.24) is 20.1 Å². The summed E-state index contributed by atoms with van der Waals surface area (Å²) in [5, 5.41) is 19.0. The number of H-pyrrole nitrogens is 1. The van der Waals surface area contributed by atoms with E-state index in [0.717, 1.165) is 13.0 Å². The highest BCUT2D eigenvalue weighted by atomic mass is 32.2. The van der Waals surface area contributed by atoms with Crippen LogP contribution >= 0.6 is 11.8 Å². The standard InChI is InChI=1S/C10H17N5OS/c1-3-5-15-9(16)13-14-10(15)17-7-8(6-11)12-4-2/h8,12H,3-5,7H2,1-2H3,(H,13,16). The number of hydrogen-bond donors (Lipinski definition) is 2. The summed E-state index contributed by atoms with van der Waals surface area (Å²) in [4.78, 5) is 11.4. The van der Waals surface area contributed by atoms with Gasteiger partial charge in [-0.15, -0.1) is 5.10 Å². The van der Waals surface area contributed by atoms with Crippen LogP contribution in [0.15, 0.2) is 9.95 Å². The lowest BCUT2D eigenvalue weighted by atomic mass is 10.4. The molecule has 94 valence electrons. The molecule has 1 unspecified atom stereocenters. The van der Waals surface area contributed by atoms with Crippen molar-refractivity contribution in [3.63, 3.8) is 0 Å². The number of nitriles is 1. The minimum Gasteiger partial charge on any atom is -0.302 e. The Bertz CT molecular complexity index is 433. The summed E-state index contributed by atoms with van der Waals surface area (Å²) in [5.41, 5.74) is -0.189. The van der Waals surface area contributed by atoms with Gasteiger partial charge in [-0.1, -0.05) is 25.6 Å².